The van der Waals surface area contributed by atoms with Crippen molar-refractivity contribution in [2.75, 3.05) is 13.3 Å². The Kier molecular flexibility index (Phi) is 4.90. The molecule has 29 heavy (non-hydrogen) atoms. The zero-order valence-corrected chi connectivity index (χ0v) is 15.8. The Morgan fingerprint density at radius 1 is 1.48 bits per heavy atom. The molecular formula is C18H22N6O5. The Morgan fingerprint density at radius 2 is 2.24 bits per heavy atom. The standard InChI is InChI=1S/C18H22N6O5/c1-10(11-4-2-3-5-12(11)24(27)28)18(19)16-17(20-8-22-18)23(9-21-16)15-6-13(26)14(7-25)29-15/h2-5,8,10,13-15,25-26H,6-7,9,19H2,1H3/t10?,13-,14+,15+,18?/m0/s1. The van der Waals surface area contributed by atoms with Crippen LogP contribution in [0.15, 0.2) is 39.2 Å². The van der Waals surface area contributed by atoms with Crippen LogP contribution in [0.4, 0.5) is 5.69 Å². The second-order valence-corrected chi connectivity index (χ2v) is 7.29. The maximum absolute atomic E-state index is 11.5. The number of amidine groups is 1. The molecule has 3 aliphatic heterocycles. The second kappa shape index (κ2) is 7.26. The number of nitro groups is 1. The Labute approximate surface area is 166 Å². The third kappa shape index (κ3) is 3.12. The zero-order valence-electron chi connectivity index (χ0n) is 15.8. The number of hydrogen-bond donors (Lipinski definition) is 3. The minimum atomic E-state index is -1.34. The summed E-state index contributed by atoms with van der Waals surface area (Å²) in [6, 6.07) is 6.41. The summed E-state index contributed by atoms with van der Waals surface area (Å²) in [5, 5.41) is 30.8. The first kappa shape index (κ1) is 19.6. The lowest BCUT2D eigenvalue weighted by atomic mass is 9.83. The molecule has 0 saturated carbocycles. The maximum atomic E-state index is 11.5. The van der Waals surface area contributed by atoms with Gasteiger partial charge in [0.05, 0.1) is 17.6 Å². The molecule has 4 N–H and O–H groups in total. The van der Waals surface area contributed by atoms with Crippen LogP contribution < -0.4 is 5.73 Å². The van der Waals surface area contributed by atoms with Crippen molar-refractivity contribution in [2.45, 2.75) is 43.4 Å². The predicted octanol–water partition coefficient (Wildman–Crippen LogP) is -0.0240. The molecule has 0 aromatic heterocycles. The van der Waals surface area contributed by atoms with Crippen LogP contribution in [0.3, 0.4) is 0 Å². The van der Waals surface area contributed by atoms with Gasteiger partial charge in [0.1, 0.15) is 31.1 Å². The summed E-state index contributed by atoms with van der Waals surface area (Å²) in [7, 11) is 0. The molecule has 1 aromatic carbocycles. The Bertz CT molecular complexity index is 918. The monoisotopic (exact) mass is 402 g/mol. The molecule has 1 saturated heterocycles. The molecule has 154 valence electrons. The number of para-hydroxylation sites is 1. The summed E-state index contributed by atoms with van der Waals surface area (Å²) >= 11 is 0. The molecule has 0 bridgehead atoms. The number of hydrogen-bond acceptors (Lipinski definition) is 10. The Morgan fingerprint density at radius 3 is 2.93 bits per heavy atom. The number of aliphatic hydroxyl groups excluding tert-OH is 2. The molecule has 4 rings (SSSR count). The minimum Gasteiger partial charge on any atom is -0.394 e. The molecule has 3 heterocycles. The van der Waals surface area contributed by atoms with Gasteiger partial charge >= 0.3 is 0 Å². The van der Waals surface area contributed by atoms with Crippen molar-refractivity contribution in [3.8, 4) is 0 Å². The number of rotatable bonds is 5. The predicted molar refractivity (Wildman–Crippen MR) is 105 cm³/mol. The van der Waals surface area contributed by atoms with Gasteiger partial charge in [-0.05, 0) is 0 Å². The highest BCUT2D eigenvalue weighted by Crippen LogP contribution is 2.37. The molecule has 2 unspecified atom stereocenters. The Balaban J connectivity index is 1.63. The first-order valence-corrected chi connectivity index (χ1v) is 9.26. The number of benzene rings is 1. The average molecular weight is 402 g/mol. The smallest absolute Gasteiger partial charge is 0.273 e. The summed E-state index contributed by atoms with van der Waals surface area (Å²) in [6.07, 6.45) is -0.357. The highest BCUT2D eigenvalue weighted by Gasteiger charge is 2.49. The lowest BCUT2D eigenvalue weighted by Gasteiger charge is -2.35. The first-order chi connectivity index (χ1) is 13.9. The lowest BCUT2D eigenvalue weighted by Crippen LogP contribution is -2.57. The van der Waals surface area contributed by atoms with Gasteiger partial charge in [0.15, 0.2) is 11.5 Å². The molecule has 1 fully saturated rings. The summed E-state index contributed by atoms with van der Waals surface area (Å²) in [6.45, 7) is 1.68. The Hall–Kier alpha value is -2.73. The van der Waals surface area contributed by atoms with E-state index in [4.69, 9.17) is 10.5 Å². The fraction of sp³-hybridized carbons (Fsp3) is 0.500. The third-order valence-corrected chi connectivity index (χ3v) is 5.69. The van der Waals surface area contributed by atoms with Gasteiger partial charge in [0.25, 0.3) is 5.69 Å². The van der Waals surface area contributed by atoms with Crippen LogP contribution in [0.25, 0.3) is 0 Å². The quantitative estimate of drug-likeness (QED) is 0.461. The van der Waals surface area contributed by atoms with Crippen LogP contribution in [-0.2, 0) is 4.74 Å². The topological polar surface area (TPSA) is 159 Å². The molecule has 11 heteroatoms. The van der Waals surface area contributed by atoms with Crippen LogP contribution in [0.5, 0.6) is 0 Å². The molecule has 1 aromatic rings. The summed E-state index contributed by atoms with van der Waals surface area (Å²) < 4.78 is 5.72. The maximum Gasteiger partial charge on any atom is 0.273 e. The normalized spacial score (nSPS) is 32.0. The largest absolute Gasteiger partial charge is 0.394 e. The molecular weight excluding hydrogens is 380 g/mol. The fourth-order valence-electron chi connectivity index (χ4n) is 3.98. The van der Waals surface area contributed by atoms with Crippen LogP contribution in [0.1, 0.15) is 24.8 Å². The van der Waals surface area contributed by atoms with E-state index in [1.54, 1.807) is 30.0 Å². The molecule has 0 radical (unpaired) electrons. The van der Waals surface area contributed by atoms with E-state index in [-0.39, 0.29) is 19.0 Å². The van der Waals surface area contributed by atoms with Gasteiger partial charge in [0.2, 0.25) is 0 Å². The van der Waals surface area contributed by atoms with Crippen LogP contribution in [-0.4, -0.2) is 75.3 Å². The number of nitro benzene ring substituents is 1. The van der Waals surface area contributed by atoms with E-state index in [1.807, 2.05) is 0 Å². The molecule has 5 atom stereocenters. The van der Waals surface area contributed by atoms with Crippen LogP contribution >= 0.6 is 0 Å². The van der Waals surface area contributed by atoms with Crippen molar-refractivity contribution in [1.29, 1.82) is 0 Å². The highest BCUT2D eigenvalue weighted by molar-refractivity contribution is 6.47. The van der Waals surface area contributed by atoms with Crippen molar-refractivity contribution in [3.05, 3.63) is 39.9 Å². The number of nitrogens with two attached hydrogens (primary N) is 1. The number of fused-ring (bicyclic) bond motifs is 1. The lowest BCUT2D eigenvalue weighted by molar-refractivity contribution is -0.385. The molecule has 0 aliphatic carbocycles. The van der Waals surface area contributed by atoms with Crippen molar-refractivity contribution in [1.82, 2.24) is 4.90 Å². The van der Waals surface area contributed by atoms with Crippen molar-refractivity contribution < 1.29 is 19.9 Å². The molecule has 0 amide bonds. The van der Waals surface area contributed by atoms with E-state index in [2.05, 4.69) is 15.0 Å². The molecule has 0 spiro atoms. The third-order valence-electron chi connectivity index (χ3n) is 5.69. The second-order valence-electron chi connectivity index (χ2n) is 7.29. The summed E-state index contributed by atoms with van der Waals surface area (Å²) in [5.74, 6) is -0.0893. The van der Waals surface area contributed by atoms with E-state index in [1.165, 1.54) is 12.4 Å². The number of nitrogens with zero attached hydrogens (tertiary/aromatic N) is 5. The summed E-state index contributed by atoms with van der Waals surface area (Å²) in [4.78, 5) is 25.9. The van der Waals surface area contributed by atoms with Crippen LogP contribution in [0, 0.1) is 10.1 Å². The number of aliphatic imine (C=N–C) groups is 3. The fourth-order valence-corrected chi connectivity index (χ4v) is 3.98. The van der Waals surface area contributed by atoms with Crippen molar-refractivity contribution >= 4 is 23.6 Å². The van der Waals surface area contributed by atoms with E-state index >= 15 is 0 Å². The molecule has 11 nitrogen and oxygen atoms in total. The number of ether oxygens (including phenoxy) is 1. The van der Waals surface area contributed by atoms with Gasteiger partial charge in [-0.1, -0.05) is 25.1 Å². The van der Waals surface area contributed by atoms with Gasteiger partial charge in [-0.2, -0.15) is 0 Å². The van der Waals surface area contributed by atoms with Gasteiger partial charge in [-0.15, -0.1) is 0 Å². The van der Waals surface area contributed by atoms with Crippen molar-refractivity contribution in [3.63, 3.8) is 0 Å². The average Bonchev–Trinajstić information content (AvgIpc) is 3.31. The minimum absolute atomic E-state index is 0.0347. The van der Waals surface area contributed by atoms with Crippen molar-refractivity contribution in [2.24, 2.45) is 20.7 Å². The van der Waals surface area contributed by atoms with Gasteiger partial charge in [-0.3, -0.25) is 15.1 Å². The number of aliphatic hydroxyl groups is 2. The first-order valence-electron chi connectivity index (χ1n) is 9.26. The van der Waals surface area contributed by atoms with Gasteiger partial charge in [0, 0.05) is 24.0 Å². The van der Waals surface area contributed by atoms with Crippen LogP contribution in [0.2, 0.25) is 0 Å². The highest BCUT2D eigenvalue weighted by atomic mass is 16.6. The van der Waals surface area contributed by atoms with E-state index < -0.39 is 34.9 Å². The van der Waals surface area contributed by atoms with E-state index in [0.717, 1.165) is 0 Å². The molecule has 3 aliphatic rings. The van der Waals surface area contributed by atoms with E-state index in [9.17, 15) is 20.3 Å². The van der Waals surface area contributed by atoms with E-state index in [0.29, 0.717) is 23.5 Å². The van der Waals surface area contributed by atoms with Gasteiger partial charge < -0.3 is 25.6 Å². The van der Waals surface area contributed by atoms with Gasteiger partial charge in [-0.25, -0.2) is 9.98 Å². The summed E-state index contributed by atoms with van der Waals surface area (Å²) in [5.41, 5.74) is 6.13. The zero-order chi connectivity index (χ0) is 20.8. The SMILES string of the molecule is CC(c1ccccc1[N+](=O)[O-])C1(N)N=CN=C2C1=NCN2[C@H]1C[C@H](O)[C@@H](CO)O1.